The molecule has 0 bridgehead atoms. The summed E-state index contributed by atoms with van der Waals surface area (Å²) in [6.45, 7) is 1.51. The minimum absolute atomic E-state index is 0.0908. The Morgan fingerprint density at radius 1 is 1.03 bits per heavy atom. The van der Waals surface area contributed by atoms with Crippen molar-refractivity contribution in [1.29, 1.82) is 0 Å². The molecule has 1 saturated heterocycles. The summed E-state index contributed by atoms with van der Waals surface area (Å²) in [5, 5.41) is 0.841. The summed E-state index contributed by atoms with van der Waals surface area (Å²) in [7, 11) is -4.29. The van der Waals surface area contributed by atoms with Gasteiger partial charge in [0.2, 0.25) is 0 Å². The summed E-state index contributed by atoms with van der Waals surface area (Å²) in [4.78, 5) is 14.4. The number of anilines is 2. The van der Waals surface area contributed by atoms with Crippen LogP contribution in [0.1, 0.15) is 6.42 Å². The highest BCUT2D eigenvalue weighted by molar-refractivity contribution is 7.92. The Morgan fingerprint density at radius 3 is 2.65 bits per heavy atom. The van der Waals surface area contributed by atoms with Crippen molar-refractivity contribution in [3.05, 3.63) is 72.8 Å². The zero-order chi connectivity index (χ0) is 23.9. The first kappa shape index (κ1) is 22.1. The number of nitrogens with two attached hydrogens (primary N) is 1. The van der Waals surface area contributed by atoms with Crippen LogP contribution in [0, 0.1) is 11.6 Å². The van der Waals surface area contributed by atoms with E-state index in [2.05, 4.69) is 24.6 Å². The van der Waals surface area contributed by atoms with Crippen LogP contribution in [0.5, 0.6) is 0 Å². The first-order chi connectivity index (χ1) is 16.3. The highest BCUT2D eigenvalue weighted by Crippen LogP contribution is 2.31. The van der Waals surface area contributed by atoms with Gasteiger partial charge in [0.1, 0.15) is 28.7 Å². The summed E-state index contributed by atoms with van der Waals surface area (Å²) in [5.41, 5.74) is 8.37. The molecular formula is C23H20F2N6O2S. The van der Waals surface area contributed by atoms with Gasteiger partial charge in [-0.1, -0.05) is 6.07 Å². The van der Waals surface area contributed by atoms with Crippen LogP contribution in [-0.2, 0) is 10.0 Å². The van der Waals surface area contributed by atoms with Gasteiger partial charge >= 0.3 is 0 Å². The Kier molecular flexibility index (Phi) is 5.58. The van der Waals surface area contributed by atoms with E-state index in [1.54, 1.807) is 12.3 Å². The number of hydrogen-bond acceptors (Lipinski definition) is 7. The van der Waals surface area contributed by atoms with Gasteiger partial charge < -0.3 is 10.6 Å². The van der Waals surface area contributed by atoms with Gasteiger partial charge in [0.25, 0.3) is 10.0 Å². The maximum atomic E-state index is 14.0. The van der Waals surface area contributed by atoms with Crippen LogP contribution < -0.4 is 15.4 Å². The van der Waals surface area contributed by atoms with Crippen LogP contribution in [0.2, 0.25) is 0 Å². The van der Waals surface area contributed by atoms with E-state index in [9.17, 15) is 17.2 Å². The van der Waals surface area contributed by atoms with Crippen molar-refractivity contribution in [2.75, 3.05) is 22.7 Å². The number of aromatic nitrogens is 3. The van der Waals surface area contributed by atoms with Crippen LogP contribution in [-0.4, -0.2) is 42.5 Å². The smallest absolute Gasteiger partial charge is 0.264 e. The first-order valence-electron chi connectivity index (χ1n) is 10.5. The lowest BCUT2D eigenvalue weighted by molar-refractivity contribution is 0.551. The number of benzene rings is 2. The summed E-state index contributed by atoms with van der Waals surface area (Å²) < 4.78 is 54.8. The van der Waals surface area contributed by atoms with Gasteiger partial charge in [-0.15, -0.1) is 0 Å². The van der Waals surface area contributed by atoms with Crippen molar-refractivity contribution in [3.8, 4) is 11.1 Å². The van der Waals surface area contributed by atoms with E-state index < -0.39 is 26.6 Å². The molecule has 34 heavy (non-hydrogen) atoms. The number of hydrogen-bond donors (Lipinski definition) is 2. The minimum atomic E-state index is -4.29. The summed E-state index contributed by atoms with van der Waals surface area (Å²) in [6.07, 6.45) is 5.30. The van der Waals surface area contributed by atoms with Crippen LogP contribution in [0.3, 0.4) is 0 Å². The highest BCUT2D eigenvalue weighted by Gasteiger charge is 2.23. The lowest BCUT2D eigenvalue weighted by atomic mass is 10.0. The number of pyridine rings is 1. The van der Waals surface area contributed by atoms with Crippen LogP contribution in [0.15, 0.2) is 66.1 Å². The zero-order valence-corrected chi connectivity index (χ0v) is 18.6. The number of rotatable bonds is 5. The molecule has 0 saturated carbocycles. The van der Waals surface area contributed by atoms with E-state index in [1.165, 1.54) is 12.5 Å². The quantitative estimate of drug-likeness (QED) is 0.449. The molecule has 2 aromatic heterocycles. The van der Waals surface area contributed by atoms with Crippen LogP contribution >= 0.6 is 0 Å². The molecule has 0 spiro atoms. The molecule has 4 aromatic rings. The first-order valence-corrected chi connectivity index (χ1v) is 12.0. The molecule has 1 atom stereocenters. The van der Waals surface area contributed by atoms with Crippen LogP contribution in [0.25, 0.3) is 22.0 Å². The molecule has 2 aromatic carbocycles. The third kappa shape index (κ3) is 4.27. The molecule has 8 nitrogen and oxygen atoms in total. The molecule has 0 amide bonds. The number of sulfonamides is 1. The SMILES string of the molecule is N[C@H]1CCN(c2ncnc3ccc(-c4cncc(NS(=O)(=O)c5ccc(F)cc5F)c4)cc23)C1. The molecule has 0 aliphatic carbocycles. The maximum absolute atomic E-state index is 14.0. The van der Waals surface area contributed by atoms with E-state index in [0.717, 1.165) is 47.4 Å². The van der Waals surface area contributed by atoms with Crippen molar-refractivity contribution in [3.63, 3.8) is 0 Å². The van der Waals surface area contributed by atoms with Crippen molar-refractivity contribution in [2.24, 2.45) is 5.73 Å². The molecule has 1 fully saturated rings. The lowest BCUT2D eigenvalue weighted by Gasteiger charge is -2.18. The number of fused-ring (bicyclic) bond motifs is 1. The molecule has 11 heteroatoms. The molecule has 5 rings (SSSR count). The number of halogens is 2. The van der Waals surface area contributed by atoms with Gasteiger partial charge in [-0.2, -0.15) is 0 Å². The molecule has 1 aliphatic rings. The monoisotopic (exact) mass is 482 g/mol. The fraction of sp³-hybridized carbons (Fsp3) is 0.174. The summed E-state index contributed by atoms with van der Waals surface area (Å²) in [5.74, 6) is -1.26. The summed E-state index contributed by atoms with van der Waals surface area (Å²) >= 11 is 0. The Balaban J connectivity index is 1.49. The van der Waals surface area contributed by atoms with Gasteiger partial charge in [0.15, 0.2) is 0 Å². The fourth-order valence-electron chi connectivity index (χ4n) is 4.01. The minimum Gasteiger partial charge on any atom is -0.354 e. The molecule has 0 unspecified atom stereocenters. The maximum Gasteiger partial charge on any atom is 0.264 e. The third-order valence-corrected chi connectivity index (χ3v) is 7.06. The summed E-state index contributed by atoms with van der Waals surface area (Å²) in [6, 6.07) is 9.58. The Labute approximate surface area is 194 Å². The van der Waals surface area contributed by atoms with Crippen molar-refractivity contribution < 1.29 is 17.2 Å². The molecule has 1 aliphatic heterocycles. The number of nitrogens with one attached hydrogen (secondary N) is 1. The Morgan fingerprint density at radius 2 is 1.88 bits per heavy atom. The predicted molar refractivity (Wildman–Crippen MR) is 125 cm³/mol. The van der Waals surface area contributed by atoms with Crippen molar-refractivity contribution >= 4 is 32.4 Å². The second-order valence-corrected chi connectivity index (χ2v) is 9.72. The predicted octanol–water partition coefficient (Wildman–Crippen LogP) is 3.31. The third-order valence-electron chi connectivity index (χ3n) is 5.65. The average Bonchev–Trinajstić information content (AvgIpc) is 3.24. The number of nitrogens with zero attached hydrogens (tertiary/aromatic N) is 4. The van der Waals surface area contributed by atoms with Gasteiger partial charge in [0.05, 0.1) is 17.4 Å². The van der Waals surface area contributed by atoms with E-state index in [4.69, 9.17) is 5.73 Å². The molecule has 3 heterocycles. The topological polar surface area (TPSA) is 114 Å². The fourth-order valence-corrected chi connectivity index (χ4v) is 5.11. The molecule has 0 radical (unpaired) electrons. The lowest BCUT2D eigenvalue weighted by Crippen LogP contribution is -2.27. The van der Waals surface area contributed by atoms with Gasteiger partial charge in [-0.05, 0) is 42.3 Å². The second kappa shape index (κ2) is 8.58. The van der Waals surface area contributed by atoms with E-state index in [0.29, 0.717) is 18.2 Å². The van der Waals surface area contributed by atoms with E-state index >= 15 is 0 Å². The normalized spacial score (nSPS) is 16.2. The Hall–Kier alpha value is -3.70. The average molecular weight is 483 g/mol. The molecular weight excluding hydrogens is 462 g/mol. The van der Waals surface area contributed by atoms with Crippen molar-refractivity contribution in [1.82, 2.24) is 15.0 Å². The zero-order valence-electron chi connectivity index (χ0n) is 17.8. The molecule has 3 N–H and O–H groups in total. The van der Waals surface area contributed by atoms with Gasteiger partial charge in [-0.3, -0.25) is 9.71 Å². The van der Waals surface area contributed by atoms with Gasteiger partial charge in [0, 0.05) is 42.3 Å². The second-order valence-electron chi connectivity index (χ2n) is 8.07. The van der Waals surface area contributed by atoms with Crippen LogP contribution in [0.4, 0.5) is 20.3 Å². The standard InChI is InChI=1S/C23H20F2N6O2S/c24-16-2-4-22(20(25)9-16)34(32,33)30-18-7-15(10-27-11-18)14-1-3-21-19(8-14)23(29-13-28-21)31-6-5-17(26)12-31/h1-4,7-11,13,17,30H,5-6,12,26H2/t17-/m0/s1. The highest BCUT2D eigenvalue weighted by atomic mass is 32.2. The largest absolute Gasteiger partial charge is 0.354 e. The van der Waals surface area contributed by atoms with Gasteiger partial charge in [-0.25, -0.2) is 27.2 Å². The molecule has 174 valence electrons. The van der Waals surface area contributed by atoms with Crippen molar-refractivity contribution in [2.45, 2.75) is 17.4 Å². The van der Waals surface area contributed by atoms with E-state index in [1.807, 2.05) is 18.2 Å². The Bertz CT molecular complexity index is 1500. The van der Waals surface area contributed by atoms with E-state index in [-0.39, 0.29) is 11.7 Å².